The fourth-order valence-electron chi connectivity index (χ4n) is 13.6. The first-order chi connectivity index (χ1) is 23.2. The molecular formula is C46H80O3. The average Bonchev–Trinajstić information content (AvgIpc) is 3.04. The number of carbonyl (C=O) groups excluding carboxylic acids is 1. The predicted octanol–water partition coefficient (Wildman–Crippen LogP) is 13.0. The first-order valence-corrected chi connectivity index (χ1v) is 21.8. The summed E-state index contributed by atoms with van der Waals surface area (Å²) in [6, 6.07) is 0. The number of allylic oxidation sites excluding steroid dienone is 1. The molecule has 0 amide bonds. The van der Waals surface area contributed by atoms with Crippen LogP contribution in [0.1, 0.15) is 204 Å². The van der Waals surface area contributed by atoms with Gasteiger partial charge in [0, 0.05) is 17.8 Å². The minimum Gasteiger partial charge on any atom is -0.462 e. The molecule has 3 nitrogen and oxygen atoms in total. The first-order valence-electron chi connectivity index (χ1n) is 21.8. The first kappa shape index (κ1) is 39.4. The molecule has 0 aromatic rings. The van der Waals surface area contributed by atoms with Crippen molar-refractivity contribution in [2.24, 2.45) is 56.7 Å². The molecule has 5 rings (SSSR count). The quantitative estimate of drug-likeness (QED) is 0.106. The maximum Gasteiger partial charge on any atom is 0.306 e. The lowest BCUT2D eigenvalue weighted by Gasteiger charge is -2.72. The fourth-order valence-corrected chi connectivity index (χ4v) is 13.6. The van der Waals surface area contributed by atoms with E-state index in [9.17, 15) is 9.90 Å². The van der Waals surface area contributed by atoms with E-state index < -0.39 is 6.10 Å². The van der Waals surface area contributed by atoms with Crippen molar-refractivity contribution in [2.75, 3.05) is 0 Å². The monoisotopic (exact) mass is 681 g/mol. The van der Waals surface area contributed by atoms with Gasteiger partial charge in [-0.3, -0.25) is 4.79 Å². The van der Waals surface area contributed by atoms with Gasteiger partial charge in [-0.05, 0) is 103 Å². The Kier molecular flexibility index (Phi) is 12.6. The molecule has 1 N–H and O–H groups in total. The van der Waals surface area contributed by atoms with Gasteiger partial charge in [-0.15, -0.1) is 0 Å². The van der Waals surface area contributed by atoms with E-state index >= 15 is 0 Å². The Hall–Kier alpha value is -0.830. The molecule has 0 saturated heterocycles. The van der Waals surface area contributed by atoms with Crippen LogP contribution in [0.4, 0.5) is 0 Å². The molecule has 5 aliphatic rings. The van der Waals surface area contributed by atoms with Crippen molar-refractivity contribution in [3.05, 3.63) is 11.6 Å². The smallest absolute Gasteiger partial charge is 0.306 e. The second-order valence-electron chi connectivity index (χ2n) is 20.3. The van der Waals surface area contributed by atoms with E-state index in [1.54, 1.807) is 5.57 Å². The maximum atomic E-state index is 13.2. The van der Waals surface area contributed by atoms with Gasteiger partial charge >= 0.3 is 5.97 Å². The summed E-state index contributed by atoms with van der Waals surface area (Å²) in [6.07, 6.45) is 29.3. The van der Waals surface area contributed by atoms with Crippen molar-refractivity contribution in [2.45, 2.75) is 216 Å². The average molecular weight is 681 g/mol. The zero-order valence-corrected chi connectivity index (χ0v) is 33.9. The third-order valence-corrected chi connectivity index (χ3v) is 17.0. The Morgan fingerprint density at radius 1 is 0.755 bits per heavy atom. The molecule has 282 valence electrons. The molecule has 4 saturated carbocycles. The highest BCUT2D eigenvalue weighted by molar-refractivity contribution is 5.69. The summed E-state index contributed by atoms with van der Waals surface area (Å²) in [7, 11) is 0. The van der Waals surface area contributed by atoms with Crippen molar-refractivity contribution in [1.29, 1.82) is 0 Å². The second kappa shape index (κ2) is 15.6. The van der Waals surface area contributed by atoms with Crippen LogP contribution in [-0.2, 0) is 9.53 Å². The number of fused-ring (bicyclic) bond motifs is 7. The van der Waals surface area contributed by atoms with Crippen molar-refractivity contribution in [3.8, 4) is 0 Å². The number of rotatable bonds is 15. The molecule has 0 aliphatic heterocycles. The van der Waals surface area contributed by atoms with Crippen LogP contribution in [0.5, 0.6) is 0 Å². The van der Waals surface area contributed by atoms with Crippen LogP contribution in [-0.4, -0.2) is 23.3 Å². The Morgan fingerprint density at radius 3 is 1.96 bits per heavy atom. The molecule has 5 aliphatic carbocycles. The van der Waals surface area contributed by atoms with Gasteiger partial charge in [-0.2, -0.15) is 0 Å². The Bertz CT molecular complexity index is 1140. The van der Waals surface area contributed by atoms with Crippen LogP contribution < -0.4 is 0 Å². The van der Waals surface area contributed by atoms with E-state index in [-0.39, 0.29) is 39.7 Å². The van der Waals surface area contributed by atoms with Gasteiger partial charge in [0.1, 0.15) is 6.10 Å². The third kappa shape index (κ3) is 7.38. The third-order valence-electron chi connectivity index (χ3n) is 17.0. The van der Waals surface area contributed by atoms with Crippen LogP contribution in [0.2, 0.25) is 0 Å². The Morgan fingerprint density at radius 2 is 1.35 bits per heavy atom. The molecule has 0 radical (unpaired) electrons. The van der Waals surface area contributed by atoms with Crippen LogP contribution >= 0.6 is 0 Å². The molecule has 4 fully saturated rings. The molecule has 0 aromatic carbocycles. The molecule has 0 heterocycles. The molecule has 0 bridgehead atoms. The van der Waals surface area contributed by atoms with E-state index in [0.29, 0.717) is 29.6 Å². The van der Waals surface area contributed by atoms with Crippen molar-refractivity contribution in [1.82, 2.24) is 0 Å². The number of hydrogen-bond acceptors (Lipinski definition) is 3. The van der Waals surface area contributed by atoms with Gasteiger partial charge in [0.15, 0.2) is 0 Å². The van der Waals surface area contributed by atoms with Crippen molar-refractivity contribution in [3.63, 3.8) is 0 Å². The molecular weight excluding hydrogens is 601 g/mol. The van der Waals surface area contributed by atoms with E-state index in [1.807, 2.05) is 0 Å². The van der Waals surface area contributed by atoms with Crippen molar-refractivity contribution < 1.29 is 14.6 Å². The minimum absolute atomic E-state index is 0.0178. The topological polar surface area (TPSA) is 46.5 Å². The minimum atomic E-state index is -0.391. The van der Waals surface area contributed by atoms with E-state index in [0.717, 1.165) is 31.6 Å². The van der Waals surface area contributed by atoms with Gasteiger partial charge < -0.3 is 9.84 Å². The van der Waals surface area contributed by atoms with Crippen LogP contribution in [0.25, 0.3) is 0 Å². The molecule has 11 atom stereocenters. The number of hydrogen-bond donors (Lipinski definition) is 1. The largest absolute Gasteiger partial charge is 0.462 e. The molecule has 0 unspecified atom stereocenters. The van der Waals surface area contributed by atoms with Gasteiger partial charge in [-0.25, -0.2) is 0 Å². The summed E-state index contributed by atoms with van der Waals surface area (Å²) in [5.41, 5.74) is 2.16. The number of aliphatic hydroxyl groups is 1. The SMILES string of the molecule is CCCCCCCCCCCCCCCC(=O)O[C@H]1CC[C@]2(C)[C@H]3[C@H](O)C=C4[C@@H]5[C@@H](C)[C@H](C)CC[C@]5(C)CC[C@@]4(C)[C@]3(C)CC[C@H]2C1(C)C. The molecule has 3 heteroatoms. The van der Waals surface area contributed by atoms with E-state index in [2.05, 4.69) is 68.4 Å². The summed E-state index contributed by atoms with van der Waals surface area (Å²) in [5, 5.41) is 12.3. The standard InChI is InChI=1S/C46H80O3/c1-10-11-12-13-14-15-16-17-18-19-20-21-22-23-39(48)49-38-26-28-44(7)37(42(38,4)5)25-29-46(9)41(44)36(47)32-35-40-34(3)33(2)24-27-43(40,6)30-31-45(35,46)8/h32-34,36-38,40-41,47H,10-31H2,1-9H3/t33-,34+,36-,37+,38+,40+,41-,43-,44+,45-,46-/m1/s1. The number of esters is 1. The van der Waals surface area contributed by atoms with Crippen LogP contribution in [0, 0.1) is 56.7 Å². The van der Waals surface area contributed by atoms with E-state index in [1.165, 1.54) is 109 Å². The number of carbonyl (C=O) groups is 1. The molecule has 0 aromatic heterocycles. The second-order valence-corrected chi connectivity index (χ2v) is 20.3. The highest BCUT2D eigenvalue weighted by atomic mass is 16.5. The van der Waals surface area contributed by atoms with Gasteiger partial charge in [0.05, 0.1) is 6.10 Å². The van der Waals surface area contributed by atoms with Gasteiger partial charge in [0.25, 0.3) is 0 Å². The highest BCUT2D eigenvalue weighted by Crippen LogP contribution is 2.75. The summed E-state index contributed by atoms with van der Waals surface area (Å²) in [6.45, 7) is 22.3. The Labute approximate surface area is 304 Å². The Balaban J connectivity index is 1.15. The lowest BCUT2D eigenvalue weighted by Crippen LogP contribution is -2.67. The lowest BCUT2D eigenvalue weighted by molar-refractivity contribution is -0.230. The zero-order valence-electron chi connectivity index (χ0n) is 33.9. The number of ether oxygens (including phenoxy) is 1. The van der Waals surface area contributed by atoms with Gasteiger partial charge in [0.2, 0.25) is 0 Å². The molecule has 0 spiro atoms. The van der Waals surface area contributed by atoms with Gasteiger partial charge in [-0.1, -0.05) is 151 Å². The highest BCUT2D eigenvalue weighted by Gasteiger charge is 2.70. The van der Waals surface area contributed by atoms with Crippen molar-refractivity contribution >= 4 is 5.97 Å². The number of unbranched alkanes of at least 4 members (excludes halogenated alkanes) is 12. The number of aliphatic hydroxyl groups excluding tert-OH is 1. The summed E-state index contributed by atoms with van der Waals surface area (Å²) < 4.78 is 6.38. The van der Waals surface area contributed by atoms with Crippen LogP contribution in [0.15, 0.2) is 11.6 Å². The van der Waals surface area contributed by atoms with Crippen LogP contribution in [0.3, 0.4) is 0 Å². The zero-order chi connectivity index (χ0) is 35.7. The summed E-state index contributed by atoms with van der Waals surface area (Å²) >= 11 is 0. The lowest BCUT2D eigenvalue weighted by atomic mass is 9.33. The molecule has 49 heavy (non-hydrogen) atoms. The maximum absolute atomic E-state index is 13.2. The summed E-state index contributed by atoms with van der Waals surface area (Å²) in [5.74, 6) is 2.72. The summed E-state index contributed by atoms with van der Waals surface area (Å²) in [4.78, 5) is 13.2. The predicted molar refractivity (Wildman–Crippen MR) is 206 cm³/mol. The van der Waals surface area contributed by atoms with E-state index in [4.69, 9.17) is 4.74 Å². The normalized spacial score (nSPS) is 42.7. The fraction of sp³-hybridized carbons (Fsp3) is 0.935.